The second kappa shape index (κ2) is 7.09. The molecule has 0 fully saturated rings. The van der Waals surface area contributed by atoms with E-state index in [1.807, 2.05) is 32.9 Å². The van der Waals surface area contributed by atoms with Crippen molar-refractivity contribution in [1.82, 2.24) is 9.97 Å². The summed E-state index contributed by atoms with van der Waals surface area (Å²) in [6.07, 6.45) is 1.62. The average Bonchev–Trinajstić information content (AvgIpc) is 2.52. The summed E-state index contributed by atoms with van der Waals surface area (Å²) in [6, 6.07) is 8.91. The third-order valence-corrected chi connectivity index (χ3v) is 2.88. The molecule has 1 N–H and O–H groups in total. The smallest absolute Gasteiger partial charge is 0.338 e. The lowest BCUT2D eigenvalue weighted by Crippen LogP contribution is -2.23. The summed E-state index contributed by atoms with van der Waals surface area (Å²) in [5, 5.41) is 3.10. The van der Waals surface area contributed by atoms with E-state index in [1.165, 1.54) is 0 Å². The standard InChI is InChI=1S/C17H21N3O3/c1-17(2,3)23-15(21)13-7-5-12(6-8-13)11-19-16-18-10-9-14(20-16)22-4/h5-10H,11H2,1-4H3,(H,18,19,20). The number of hydrogen-bond donors (Lipinski definition) is 1. The molecule has 0 unspecified atom stereocenters. The molecule has 0 aliphatic heterocycles. The van der Waals surface area contributed by atoms with E-state index in [2.05, 4.69) is 15.3 Å². The monoisotopic (exact) mass is 315 g/mol. The van der Waals surface area contributed by atoms with Gasteiger partial charge in [0.1, 0.15) is 5.60 Å². The normalized spacial score (nSPS) is 11.0. The highest BCUT2D eigenvalue weighted by molar-refractivity contribution is 5.89. The van der Waals surface area contributed by atoms with Gasteiger partial charge in [-0.25, -0.2) is 9.78 Å². The Morgan fingerprint density at radius 2 is 1.87 bits per heavy atom. The first-order valence-electron chi connectivity index (χ1n) is 7.30. The quantitative estimate of drug-likeness (QED) is 0.855. The molecule has 0 saturated heterocycles. The van der Waals surface area contributed by atoms with E-state index in [-0.39, 0.29) is 5.97 Å². The number of carbonyl (C=O) groups excluding carboxylic acids is 1. The molecule has 23 heavy (non-hydrogen) atoms. The number of carbonyl (C=O) groups is 1. The van der Waals surface area contributed by atoms with Gasteiger partial charge in [0.25, 0.3) is 0 Å². The lowest BCUT2D eigenvalue weighted by atomic mass is 10.1. The van der Waals surface area contributed by atoms with Crippen LogP contribution in [0.15, 0.2) is 36.5 Å². The van der Waals surface area contributed by atoms with Gasteiger partial charge < -0.3 is 14.8 Å². The Labute approximate surface area is 135 Å². The Bertz CT molecular complexity index is 664. The van der Waals surface area contributed by atoms with Crippen LogP contribution >= 0.6 is 0 Å². The number of hydrogen-bond acceptors (Lipinski definition) is 6. The SMILES string of the molecule is COc1ccnc(NCc2ccc(C(=O)OC(C)(C)C)cc2)n1. The van der Waals surface area contributed by atoms with Gasteiger partial charge in [-0.3, -0.25) is 0 Å². The molecule has 0 aliphatic rings. The lowest BCUT2D eigenvalue weighted by Gasteiger charge is -2.19. The van der Waals surface area contributed by atoms with Crippen LogP contribution in [0.3, 0.4) is 0 Å². The van der Waals surface area contributed by atoms with Crippen LogP contribution in [0.4, 0.5) is 5.95 Å². The van der Waals surface area contributed by atoms with Crippen LogP contribution in [0.25, 0.3) is 0 Å². The summed E-state index contributed by atoms with van der Waals surface area (Å²) < 4.78 is 10.4. The molecular formula is C17H21N3O3. The van der Waals surface area contributed by atoms with Gasteiger partial charge in [0.05, 0.1) is 12.7 Å². The van der Waals surface area contributed by atoms with E-state index in [1.54, 1.807) is 31.5 Å². The molecule has 6 heteroatoms. The minimum atomic E-state index is -0.499. The average molecular weight is 315 g/mol. The number of ether oxygens (including phenoxy) is 2. The predicted molar refractivity (Wildman–Crippen MR) is 87.5 cm³/mol. The molecule has 0 radical (unpaired) electrons. The van der Waals surface area contributed by atoms with Crippen molar-refractivity contribution < 1.29 is 14.3 Å². The number of benzene rings is 1. The first-order valence-corrected chi connectivity index (χ1v) is 7.30. The number of nitrogens with zero attached hydrogens (tertiary/aromatic N) is 2. The van der Waals surface area contributed by atoms with Crippen LogP contribution in [0.2, 0.25) is 0 Å². The molecule has 0 spiro atoms. The van der Waals surface area contributed by atoms with Crippen molar-refractivity contribution >= 4 is 11.9 Å². The molecule has 0 atom stereocenters. The fourth-order valence-corrected chi connectivity index (χ4v) is 1.82. The number of aromatic nitrogens is 2. The van der Waals surface area contributed by atoms with Crippen LogP contribution in [0, 0.1) is 0 Å². The molecule has 1 aromatic heterocycles. The van der Waals surface area contributed by atoms with Gasteiger partial charge in [-0.2, -0.15) is 4.98 Å². The summed E-state index contributed by atoms with van der Waals surface area (Å²) in [6.45, 7) is 6.08. The molecule has 122 valence electrons. The maximum absolute atomic E-state index is 11.9. The molecule has 0 aliphatic carbocycles. The van der Waals surface area contributed by atoms with E-state index in [4.69, 9.17) is 9.47 Å². The largest absolute Gasteiger partial charge is 0.481 e. The van der Waals surface area contributed by atoms with E-state index in [0.717, 1.165) is 5.56 Å². The second-order valence-electron chi connectivity index (χ2n) is 5.97. The molecule has 1 heterocycles. The zero-order valence-electron chi connectivity index (χ0n) is 13.8. The van der Waals surface area contributed by atoms with Crippen molar-refractivity contribution in [1.29, 1.82) is 0 Å². The number of nitrogens with one attached hydrogen (secondary N) is 1. The summed E-state index contributed by atoms with van der Waals surface area (Å²) in [7, 11) is 1.56. The molecule has 6 nitrogen and oxygen atoms in total. The van der Waals surface area contributed by atoms with E-state index < -0.39 is 5.60 Å². The van der Waals surface area contributed by atoms with Crippen molar-refractivity contribution in [2.24, 2.45) is 0 Å². The highest BCUT2D eigenvalue weighted by Gasteiger charge is 2.17. The Kier molecular flexibility index (Phi) is 5.16. The molecule has 2 rings (SSSR count). The third-order valence-electron chi connectivity index (χ3n) is 2.88. The van der Waals surface area contributed by atoms with Crippen molar-refractivity contribution in [3.63, 3.8) is 0 Å². The number of esters is 1. The Morgan fingerprint density at radius 3 is 2.48 bits per heavy atom. The van der Waals surface area contributed by atoms with Crippen LogP contribution in [0.1, 0.15) is 36.7 Å². The maximum Gasteiger partial charge on any atom is 0.338 e. The van der Waals surface area contributed by atoms with Gasteiger partial charge in [-0.15, -0.1) is 0 Å². The number of methoxy groups -OCH3 is 1. The fraction of sp³-hybridized carbons (Fsp3) is 0.353. The van der Waals surface area contributed by atoms with Crippen molar-refractivity contribution in [2.75, 3.05) is 12.4 Å². The van der Waals surface area contributed by atoms with Crippen LogP contribution in [-0.4, -0.2) is 28.6 Å². The molecule has 2 aromatic rings. The minimum Gasteiger partial charge on any atom is -0.481 e. The van der Waals surface area contributed by atoms with E-state index in [9.17, 15) is 4.79 Å². The van der Waals surface area contributed by atoms with Gasteiger partial charge in [0.2, 0.25) is 11.8 Å². The zero-order valence-corrected chi connectivity index (χ0v) is 13.8. The molecule has 0 bridgehead atoms. The van der Waals surface area contributed by atoms with Crippen molar-refractivity contribution in [2.45, 2.75) is 32.9 Å². The highest BCUT2D eigenvalue weighted by Crippen LogP contribution is 2.14. The van der Waals surface area contributed by atoms with Crippen LogP contribution in [0.5, 0.6) is 5.88 Å². The van der Waals surface area contributed by atoms with Crippen molar-refractivity contribution in [3.8, 4) is 5.88 Å². The summed E-state index contributed by atoms with van der Waals surface area (Å²) >= 11 is 0. The van der Waals surface area contributed by atoms with E-state index >= 15 is 0 Å². The molecule has 0 amide bonds. The summed E-state index contributed by atoms with van der Waals surface area (Å²) in [5.41, 5.74) is 1.03. The summed E-state index contributed by atoms with van der Waals surface area (Å²) in [4.78, 5) is 20.2. The van der Waals surface area contributed by atoms with Gasteiger partial charge in [-0.05, 0) is 38.5 Å². The van der Waals surface area contributed by atoms with Gasteiger partial charge >= 0.3 is 5.97 Å². The molecule has 0 saturated carbocycles. The maximum atomic E-state index is 11.9. The van der Waals surface area contributed by atoms with E-state index in [0.29, 0.717) is 23.9 Å². The number of anilines is 1. The lowest BCUT2D eigenvalue weighted by molar-refractivity contribution is 0.00695. The zero-order chi connectivity index (χ0) is 16.9. The Balaban J connectivity index is 1.96. The topological polar surface area (TPSA) is 73.3 Å². The van der Waals surface area contributed by atoms with Crippen LogP contribution in [-0.2, 0) is 11.3 Å². The Hall–Kier alpha value is -2.63. The number of rotatable bonds is 5. The van der Waals surface area contributed by atoms with Crippen molar-refractivity contribution in [3.05, 3.63) is 47.7 Å². The predicted octanol–water partition coefficient (Wildman–Crippen LogP) is 3.05. The van der Waals surface area contributed by atoms with Crippen LogP contribution < -0.4 is 10.1 Å². The highest BCUT2D eigenvalue weighted by atomic mass is 16.6. The van der Waals surface area contributed by atoms with Gasteiger partial charge in [0, 0.05) is 18.8 Å². The van der Waals surface area contributed by atoms with Gasteiger partial charge in [0.15, 0.2) is 0 Å². The minimum absolute atomic E-state index is 0.326. The summed E-state index contributed by atoms with van der Waals surface area (Å²) in [5.74, 6) is 0.663. The third kappa shape index (κ3) is 5.25. The fourth-order valence-electron chi connectivity index (χ4n) is 1.82. The van der Waals surface area contributed by atoms with Gasteiger partial charge in [-0.1, -0.05) is 12.1 Å². The first-order chi connectivity index (χ1) is 10.9. The first kappa shape index (κ1) is 16.7. The molecule has 1 aromatic carbocycles. The molecular weight excluding hydrogens is 294 g/mol. The Morgan fingerprint density at radius 1 is 1.17 bits per heavy atom. The second-order valence-corrected chi connectivity index (χ2v) is 5.97.